The molecule has 0 aliphatic carbocycles. The smallest absolute Gasteiger partial charge is 0.226 e. The Morgan fingerprint density at radius 3 is 3.04 bits per heavy atom. The van der Waals surface area contributed by atoms with Crippen LogP contribution in [-0.4, -0.2) is 35.8 Å². The number of hydrogen-bond donors (Lipinski definition) is 2. The van der Waals surface area contributed by atoms with Gasteiger partial charge in [0.1, 0.15) is 18.2 Å². The molecule has 2 aromatic rings. The molecule has 1 aromatic carbocycles. The van der Waals surface area contributed by atoms with E-state index in [2.05, 4.69) is 10.3 Å². The number of aliphatic hydroxyl groups is 1. The third-order valence-corrected chi connectivity index (χ3v) is 4.35. The lowest BCUT2D eigenvalue weighted by Gasteiger charge is -2.25. The van der Waals surface area contributed by atoms with Crippen molar-refractivity contribution in [3.05, 3.63) is 59.7 Å². The van der Waals surface area contributed by atoms with Crippen molar-refractivity contribution in [3.8, 4) is 5.75 Å². The van der Waals surface area contributed by atoms with Gasteiger partial charge in [0.25, 0.3) is 0 Å². The summed E-state index contributed by atoms with van der Waals surface area (Å²) in [7, 11) is 0. The van der Waals surface area contributed by atoms with Gasteiger partial charge in [0, 0.05) is 31.0 Å². The van der Waals surface area contributed by atoms with Crippen molar-refractivity contribution in [3.63, 3.8) is 0 Å². The minimum absolute atomic E-state index is 0.0356. The van der Waals surface area contributed by atoms with Crippen molar-refractivity contribution in [2.24, 2.45) is 11.8 Å². The summed E-state index contributed by atoms with van der Waals surface area (Å²) < 4.78 is 18.9. The molecule has 0 bridgehead atoms. The first-order valence-corrected chi connectivity index (χ1v) is 8.35. The van der Waals surface area contributed by atoms with Crippen molar-refractivity contribution in [1.82, 2.24) is 10.3 Å². The zero-order valence-electron chi connectivity index (χ0n) is 13.8. The highest BCUT2D eigenvalue weighted by molar-refractivity contribution is 5.79. The fourth-order valence-electron chi connectivity index (χ4n) is 2.94. The molecule has 1 aliphatic rings. The maximum absolute atomic E-state index is 13.3. The molecule has 1 aliphatic heterocycles. The summed E-state index contributed by atoms with van der Waals surface area (Å²) in [5.74, 6) is -0.307. The van der Waals surface area contributed by atoms with Crippen LogP contribution in [0.5, 0.6) is 5.75 Å². The van der Waals surface area contributed by atoms with Crippen molar-refractivity contribution < 1.29 is 19.0 Å². The Morgan fingerprint density at radius 2 is 2.28 bits per heavy atom. The number of nitrogens with zero attached hydrogens (tertiary/aromatic N) is 1. The monoisotopic (exact) mass is 344 g/mol. The van der Waals surface area contributed by atoms with Gasteiger partial charge in [-0.2, -0.15) is 0 Å². The number of aromatic nitrogens is 1. The number of fused-ring (bicyclic) bond motifs is 1. The van der Waals surface area contributed by atoms with E-state index in [4.69, 9.17) is 4.74 Å². The highest BCUT2D eigenvalue weighted by Crippen LogP contribution is 2.28. The highest BCUT2D eigenvalue weighted by Gasteiger charge is 2.26. The molecule has 3 rings (SSSR count). The molecule has 132 valence electrons. The molecule has 25 heavy (non-hydrogen) atoms. The third kappa shape index (κ3) is 4.54. The summed E-state index contributed by atoms with van der Waals surface area (Å²) in [6, 6.07) is 9.97. The van der Waals surface area contributed by atoms with Crippen LogP contribution in [0.2, 0.25) is 0 Å². The lowest BCUT2D eigenvalue weighted by Crippen LogP contribution is -2.40. The minimum atomic E-state index is -0.358. The average molecular weight is 344 g/mol. The molecule has 2 heterocycles. The number of benzene rings is 1. The average Bonchev–Trinajstić information content (AvgIpc) is 2.65. The van der Waals surface area contributed by atoms with Crippen LogP contribution >= 0.6 is 0 Å². The second-order valence-corrected chi connectivity index (χ2v) is 6.28. The summed E-state index contributed by atoms with van der Waals surface area (Å²) in [5, 5.41) is 12.4. The van der Waals surface area contributed by atoms with Gasteiger partial charge in [-0.25, -0.2) is 4.39 Å². The predicted molar refractivity (Wildman–Crippen MR) is 90.6 cm³/mol. The van der Waals surface area contributed by atoms with E-state index in [1.807, 2.05) is 18.2 Å². The largest absolute Gasteiger partial charge is 0.492 e. The van der Waals surface area contributed by atoms with Gasteiger partial charge in [-0.1, -0.05) is 6.07 Å². The van der Waals surface area contributed by atoms with E-state index in [-0.39, 0.29) is 36.8 Å². The van der Waals surface area contributed by atoms with Crippen LogP contribution in [0.15, 0.2) is 42.6 Å². The summed E-state index contributed by atoms with van der Waals surface area (Å²) in [4.78, 5) is 16.6. The first kappa shape index (κ1) is 17.4. The summed E-state index contributed by atoms with van der Waals surface area (Å²) in [6.45, 7) is 0.596. The topological polar surface area (TPSA) is 71.5 Å². The predicted octanol–water partition coefficient (Wildman–Crippen LogP) is 1.74. The lowest BCUT2D eigenvalue weighted by molar-refractivity contribution is -0.126. The molecule has 2 unspecified atom stereocenters. The zero-order chi connectivity index (χ0) is 17.6. The molecule has 1 aromatic heterocycles. The molecule has 0 spiro atoms. The van der Waals surface area contributed by atoms with Crippen LogP contribution in [-0.2, 0) is 17.6 Å². The van der Waals surface area contributed by atoms with Crippen LogP contribution < -0.4 is 10.1 Å². The van der Waals surface area contributed by atoms with Gasteiger partial charge in [0.2, 0.25) is 5.91 Å². The van der Waals surface area contributed by atoms with Gasteiger partial charge in [0.15, 0.2) is 0 Å². The molecule has 0 saturated carbocycles. The van der Waals surface area contributed by atoms with Crippen molar-refractivity contribution in [2.75, 3.05) is 19.8 Å². The fraction of sp³-hybridized carbons (Fsp3) is 0.368. The molecule has 1 amide bonds. The van der Waals surface area contributed by atoms with Crippen LogP contribution in [0.3, 0.4) is 0 Å². The van der Waals surface area contributed by atoms with Gasteiger partial charge >= 0.3 is 0 Å². The maximum Gasteiger partial charge on any atom is 0.226 e. The van der Waals surface area contributed by atoms with Crippen LogP contribution in [0.25, 0.3) is 0 Å². The van der Waals surface area contributed by atoms with E-state index in [9.17, 15) is 14.3 Å². The number of hydrogen-bond acceptors (Lipinski definition) is 4. The highest BCUT2D eigenvalue weighted by atomic mass is 19.1. The number of halogens is 1. The number of ether oxygens (including phenoxy) is 1. The molecule has 0 saturated heterocycles. The molecule has 2 N–H and O–H groups in total. The number of amides is 1. The van der Waals surface area contributed by atoms with Gasteiger partial charge in [0.05, 0.1) is 5.92 Å². The van der Waals surface area contributed by atoms with E-state index in [0.29, 0.717) is 30.7 Å². The minimum Gasteiger partial charge on any atom is -0.492 e. The number of carbonyl (C=O) groups is 1. The molecule has 5 nitrogen and oxygen atoms in total. The molecular formula is C19H21FN2O3. The normalized spacial score (nSPS) is 17.3. The van der Waals surface area contributed by atoms with Crippen LogP contribution in [0.1, 0.15) is 11.3 Å². The van der Waals surface area contributed by atoms with E-state index in [0.717, 1.165) is 5.69 Å². The quantitative estimate of drug-likeness (QED) is 0.837. The second-order valence-electron chi connectivity index (χ2n) is 6.28. The molecule has 0 fully saturated rings. The Morgan fingerprint density at radius 1 is 1.40 bits per heavy atom. The number of aliphatic hydroxyl groups excluding tert-OH is 1. The number of carbonyl (C=O) groups excluding carboxylic acids is 1. The Balaban J connectivity index is 1.53. The van der Waals surface area contributed by atoms with Gasteiger partial charge < -0.3 is 15.2 Å². The van der Waals surface area contributed by atoms with Crippen LogP contribution in [0.4, 0.5) is 4.39 Å². The van der Waals surface area contributed by atoms with Crippen molar-refractivity contribution in [1.29, 1.82) is 0 Å². The Hall–Kier alpha value is -2.47. The van der Waals surface area contributed by atoms with E-state index in [1.54, 1.807) is 12.3 Å². The van der Waals surface area contributed by atoms with Crippen LogP contribution in [0, 0.1) is 17.7 Å². The Labute approximate surface area is 145 Å². The molecule has 2 atom stereocenters. The van der Waals surface area contributed by atoms with E-state index >= 15 is 0 Å². The Kier molecular flexibility index (Phi) is 5.60. The van der Waals surface area contributed by atoms with Gasteiger partial charge in [-0.3, -0.25) is 9.78 Å². The van der Waals surface area contributed by atoms with Crippen molar-refractivity contribution in [2.45, 2.75) is 12.8 Å². The van der Waals surface area contributed by atoms with Gasteiger partial charge in [-0.15, -0.1) is 0 Å². The molecular weight excluding hydrogens is 323 g/mol. The van der Waals surface area contributed by atoms with E-state index < -0.39 is 0 Å². The number of rotatable bonds is 6. The zero-order valence-corrected chi connectivity index (χ0v) is 13.8. The third-order valence-electron chi connectivity index (χ3n) is 4.35. The first-order chi connectivity index (χ1) is 12.2. The summed E-state index contributed by atoms with van der Waals surface area (Å²) >= 11 is 0. The Bertz CT molecular complexity index is 724. The first-order valence-electron chi connectivity index (χ1n) is 8.35. The standard InChI is InChI=1S/C19H21FN2O3/c20-16-4-5-18-14(9-16)8-15(12-25-18)19(24)22-10-13(11-23)7-17-3-1-2-6-21-17/h1-6,9,13,15,23H,7-8,10-12H2,(H,22,24). The van der Waals surface area contributed by atoms with Gasteiger partial charge in [-0.05, 0) is 48.7 Å². The van der Waals surface area contributed by atoms with E-state index in [1.165, 1.54) is 12.1 Å². The fourth-order valence-corrected chi connectivity index (χ4v) is 2.94. The van der Waals surface area contributed by atoms with Crippen molar-refractivity contribution >= 4 is 5.91 Å². The number of nitrogens with one attached hydrogen (secondary N) is 1. The second kappa shape index (κ2) is 8.07. The SMILES string of the molecule is O=C(NCC(CO)Cc1ccccn1)C1COc2ccc(F)cc2C1. The number of pyridine rings is 1. The maximum atomic E-state index is 13.3. The molecule has 6 heteroatoms. The lowest BCUT2D eigenvalue weighted by atomic mass is 9.95. The summed E-state index contributed by atoms with van der Waals surface area (Å²) in [5.41, 5.74) is 1.58. The molecule has 0 radical (unpaired) electrons. The summed E-state index contributed by atoms with van der Waals surface area (Å²) in [6.07, 6.45) is 2.74.